The van der Waals surface area contributed by atoms with Gasteiger partial charge in [-0.05, 0) is 54.5 Å². The second-order valence-electron chi connectivity index (χ2n) is 6.45. The van der Waals surface area contributed by atoms with Crippen LogP contribution in [0.2, 0.25) is 0 Å². The van der Waals surface area contributed by atoms with Gasteiger partial charge in [0.05, 0.1) is 12.3 Å². The van der Waals surface area contributed by atoms with Crippen molar-refractivity contribution >= 4 is 23.2 Å². The van der Waals surface area contributed by atoms with Crippen LogP contribution in [0.15, 0.2) is 39.6 Å². The Labute approximate surface area is 152 Å². The number of amides is 2. The first-order valence-corrected chi connectivity index (χ1v) is 9.15. The zero-order valence-electron chi connectivity index (χ0n) is 15.0. The van der Waals surface area contributed by atoms with Crippen LogP contribution in [0.1, 0.15) is 36.0 Å². The Kier molecular flexibility index (Phi) is 6.78. The minimum absolute atomic E-state index is 0.0436. The topological polar surface area (TPSA) is 74.6 Å². The van der Waals surface area contributed by atoms with Gasteiger partial charge in [0.25, 0.3) is 5.91 Å². The van der Waals surface area contributed by atoms with Gasteiger partial charge in [0.2, 0.25) is 5.91 Å². The van der Waals surface area contributed by atoms with Gasteiger partial charge in [-0.1, -0.05) is 13.8 Å². The average molecular weight is 363 g/mol. The van der Waals surface area contributed by atoms with Crippen molar-refractivity contribution in [2.45, 2.75) is 25.9 Å². The van der Waals surface area contributed by atoms with Crippen LogP contribution in [-0.2, 0) is 4.79 Å². The van der Waals surface area contributed by atoms with E-state index in [4.69, 9.17) is 4.42 Å². The molecule has 2 atom stereocenters. The summed E-state index contributed by atoms with van der Waals surface area (Å²) in [5.74, 6) is -0.432. The highest BCUT2D eigenvalue weighted by Crippen LogP contribution is 2.20. The molecule has 0 spiro atoms. The molecule has 2 N–H and O–H groups in total. The Morgan fingerprint density at radius 1 is 1.28 bits per heavy atom. The quantitative estimate of drug-likeness (QED) is 0.756. The van der Waals surface area contributed by atoms with Gasteiger partial charge in [0, 0.05) is 6.54 Å². The molecule has 25 heavy (non-hydrogen) atoms. The number of rotatable bonds is 8. The molecule has 2 heterocycles. The van der Waals surface area contributed by atoms with E-state index in [1.54, 1.807) is 23.5 Å². The van der Waals surface area contributed by atoms with E-state index in [-0.39, 0.29) is 29.5 Å². The molecule has 0 radical (unpaired) electrons. The summed E-state index contributed by atoms with van der Waals surface area (Å²) in [4.78, 5) is 26.8. The van der Waals surface area contributed by atoms with Gasteiger partial charge >= 0.3 is 0 Å². The van der Waals surface area contributed by atoms with Gasteiger partial charge in [-0.15, -0.1) is 0 Å². The molecular formula is C18H25N3O3S. The van der Waals surface area contributed by atoms with Crippen molar-refractivity contribution in [2.24, 2.45) is 5.92 Å². The fourth-order valence-corrected chi connectivity index (χ4v) is 3.23. The van der Waals surface area contributed by atoms with Crippen LogP contribution >= 0.6 is 11.3 Å². The number of carbonyl (C=O) groups excluding carboxylic acids is 2. The largest absolute Gasteiger partial charge is 0.459 e. The molecule has 0 aromatic carbocycles. The minimum atomic E-state index is -0.622. The van der Waals surface area contributed by atoms with Crippen LogP contribution in [0, 0.1) is 5.92 Å². The van der Waals surface area contributed by atoms with Crippen LogP contribution in [0.4, 0.5) is 0 Å². The number of hydrogen-bond acceptors (Lipinski definition) is 5. The van der Waals surface area contributed by atoms with E-state index in [1.165, 1.54) is 6.26 Å². The highest BCUT2D eigenvalue weighted by atomic mass is 32.1. The number of hydrogen-bond donors (Lipinski definition) is 2. The summed E-state index contributed by atoms with van der Waals surface area (Å²) in [7, 11) is 3.96. The number of thiophene rings is 1. The molecule has 136 valence electrons. The molecule has 0 saturated heterocycles. The average Bonchev–Trinajstić information content (AvgIpc) is 3.25. The predicted molar refractivity (Wildman–Crippen MR) is 98.6 cm³/mol. The maximum atomic E-state index is 12.6. The SMILES string of the molecule is CC(C)[C@@H](NC(=O)c1ccco1)C(=O)NC[C@@H](c1ccsc1)N(C)C. The summed E-state index contributed by atoms with van der Waals surface area (Å²) in [5.41, 5.74) is 1.16. The Bertz CT molecular complexity index is 666. The standard InChI is InChI=1S/C18H25N3O3S/c1-12(2)16(20-17(22)15-6-5-8-24-15)18(23)19-10-14(21(3)4)13-7-9-25-11-13/h5-9,11-12,14,16H,10H2,1-4H3,(H,19,23)(H,20,22)/t14-,16+/m0/s1. The Morgan fingerprint density at radius 3 is 2.56 bits per heavy atom. The van der Waals surface area contributed by atoms with E-state index < -0.39 is 6.04 Å². The monoisotopic (exact) mass is 363 g/mol. The molecule has 0 bridgehead atoms. The van der Waals surface area contributed by atoms with Gasteiger partial charge in [0.1, 0.15) is 6.04 Å². The van der Waals surface area contributed by atoms with Crippen LogP contribution in [0.25, 0.3) is 0 Å². The lowest BCUT2D eigenvalue weighted by atomic mass is 10.0. The number of nitrogens with zero attached hydrogens (tertiary/aromatic N) is 1. The van der Waals surface area contributed by atoms with Gasteiger partial charge < -0.3 is 20.0 Å². The molecular weight excluding hydrogens is 338 g/mol. The van der Waals surface area contributed by atoms with E-state index >= 15 is 0 Å². The van der Waals surface area contributed by atoms with Crippen molar-refractivity contribution in [3.8, 4) is 0 Å². The molecule has 0 fully saturated rings. The van der Waals surface area contributed by atoms with Crippen molar-refractivity contribution in [1.29, 1.82) is 0 Å². The van der Waals surface area contributed by atoms with Crippen molar-refractivity contribution in [1.82, 2.24) is 15.5 Å². The lowest BCUT2D eigenvalue weighted by Gasteiger charge is -2.26. The maximum absolute atomic E-state index is 12.6. The van der Waals surface area contributed by atoms with Gasteiger partial charge in [-0.2, -0.15) is 11.3 Å². The summed E-state index contributed by atoms with van der Waals surface area (Å²) in [6, 6.07) is 4.73. The highest BCUT2D eigenvalue weighted by molar-refractivity contribution is 7.07. The van der Waals surface area contributed by atoms with Crippen molar-refractivity contribution < 1.29 is 14.0 Å². The van der Waals surface area contributed by atoms with Gasteiger partial charge in [-0.3, -0.25) is 9.59 Å². The fourth-order valence-electron chi connectivity index (χ4n) is 2.53. The summed E-state index contributed by atoms with van der Waals surface area (Å²) < 4.78 is 5.09. The van der Waals surface area contributed by atoms with Gasteiger partial charge in [0.15, 0.2) is 5.76 Å². The zero-order chi connectivity index (χ0) is 18.4. The summed E-state index contributed by atoms with van der Waals surface area (Å²) in [6.07, 6.45) is 1.43. The zero-order valence-corrected chi connectivity index (χ0v) is 15.8. The molecule has 7 heteroatoms. The van der Waals surface area contributed by atoms with Crippen LogP contribution in [-0.4, -0.2) is 43.4 Å². The second-order valence-corrected chi connectivity index (χ2v) is 7.23. The molecule has 0 aliphatic heterocycles. The lowest BCUT2D eigenvalue weighted by molar-refractivity contribution is -0.124. The van der Waals surface area contributed by atoms with Crippen LogP contribution in [0.5, 0.6) is 0 Å². The summed E-state index contributed by atoms with van der Waals surface area (Å²) >= 11 is 1.63. The third kappa shape index (κ3) is 5.17. The molecule has 0 unspecified atom stereocenters. The Balaban J connectivity index is 1.99. The number of carbonyl (C=O) groups is 2. The molecule has 2 rings (SSSR count). The minimum Gasteiger partial charge on any atom is -0.459 e. The first kappa shape index (κ1) is 19.2. The molecule has 0 aliphatic carbocycles. The van der Waals surface area contributed by atoms with Crippen molar-refractivity contribution in [3.63, 3.8) is 0 Å². The molecule has 2 amide bonds. The van der Waals surface area contributed by atoms with Crippen molar-refractivity contribution in [2.75, 3.05) is 20.6 Å². The number of furan rings is 1. The maximum Gasteiger partial charge on any atom is 0.287 e. The van der Waals surface area contributed by atoms with E-state index in [0.717, 1.165) is 5.56 Å². The lowest BCUT2D eigenvalue weighted by Crippen LogP contribution is -2.50. The Hall–Kier alpha value is -2.12. The molecule has 2 aromatic heterocycles. The second kappa shape index (κ2) is 8.82. The van der Waals surface area contributed by atoms with Crippen molar-refractivity contribution in [3.05, 3.63) is 46.5 Å². The molecule has 0 aliphatic rings. The first-order chi connectivity index (χ1) is 11.9. The van der Waals surface area contributed by atoms with E-state index in [9.17, 15) is 9.59 Å². The normalized spacial score (nSPS) is 13.7. The highest BCUT2D eigenvalue weighted by Gasteiger charge is 2.26. The Morgan fingerprint density at radius 2 is 2.04 bits per heavy atom. The number of nitrogens with one attached hydrogen (secondary N) is 2. The third-order valence-electron chi connectivity index (χ3n) is 4.00. The van der Waals surface area contributed by atoms with Crippen LogP contribution in [0.3, 0.4) is 0 Å². The van der Waals surface area contributed by atoms with Crippen LogP contribution < -0.4 is 10.6 Å². The smallest absolute Gasteiger partial charge is 0.287 e. The summed E-state index contributed by atoms with van der Waals surface area (Å²) in [5, 5.41) is 9.81. The summed E-state index contributed by atoms with van der Waals surface area (Å²) in [6.45, 7) is 4.27. The van der Waals surface area contributed by atoms with E-state index in [2.05, 4.69) is 27.0 Å². The third-order valence-corrected chi connectivity index (χ3v) is 4.70. The van der Waals surface area contributed by atoms with E-state index in [0.29, 0.717) is 6.54 Å². The molecule has 6 nitrogen and oxygen atoms in total. The number of likely N-dealkylation sites (N-methyl/N-ethyl adjacent to an activating group) is 1. The molecule has 2 aromatic rings. The first-order valence-electron chi connectivity index (χ1n) is 8.20. The fraction of sp³-hybridized carbons (Fsp3) is 0.444. The van der Waals surface area contributed by atoms with E-state index in [1.807, 2.05) is 33.3 Å². The predicted octanol–water partition coefficient (Wildman–Crippen LogP) is 2.51. The molecule has 0 saturated carbocycles. The van der Waals surface area contributed by atoms with Gasteiger partial charge in [-0.25, -0.2) is 0 Å².